The number of carbonyl (C=O) groups is 1. The average Bonchev–Trinajstić information content (AvgIpc) is 2.38. The number of ether oxygens (including phenoxy) is 2. The summed E-state index contributed by atoms with van der Waals surface area (Å²) >= 11 is 0. The molecule has 4 nitrogen and oxygen atoms in total. The summed E-state index contributed by atoms with van der Waals surface area (Å²) in [6.45, 7) is 3.66. The Balaban J connectivity index is 2.22. The minimum atomic E-state index is -0.678. The van der Waals surface area contributed by atoms with Crippen LogP contribution in [0.25, 0.3) is 0 Å². The predicted molar refractivity (Wildman–Crippen MR) is 72.7 cm³/mol. The molecule has 1 aromatic rings. The lowest BCUT2D eigenvalue weighted by Gasteiger charge is -2.08. The van der Waals surface area contributed by atoms with Crippen molar-refractivity contribution in [3.05, 3.63) is 48.0 Å². The summed E-state index contributed by atoms with van der Waals surface area (Å²) in [4.78, 5) is 11.0. The summed E-state index contributed by atoms with van der Waals surface area (Å²) in [5, 5.41) is 9.86. The molecule has 0 heterocycles. The Morgan fingerprint density at radius 2 is 1.95 bits per heavy atom. The highest BCUT2D eigenvalue weighted by Crippen LogP contribution is 2.15. The van der Waals surface area contributed by atoms with E-state index in [1.165, 1.54) is 0 Å². The van der Waals surface area contributed by atoms with E-state index in [0.29, 0.717) is 6.42 Å². The van der Waals surface area contributed by atoms with Gasteiger partial charge in [0.25, 0.3) is 0 Å². The minimum absolute atomic E-state index is 0.146. The molecule has 1 atom stereocenters. The van der Waals surface area contributed by atoms with Gasteiger partial charge in [0.15, 0.2) is 0 Å². The van der Waals surface area contributed by atoms with Gasteiger partial charge in [0.05, 0.1) is 12.2 Å². The van der Waals surface area contributed by atoms with Crippen LogP contribution in [-0.4, -0.2) is 24.0 Å². The van der Waals surface area contributed by atoms with Crippen molar-refractivity contribution in [3.63, 3.8) is 0 Å². The number of hydrogen-bond acceptors (Lipinski definition) is 4. The van der Waals surface area contributed by atoms with Gasteiger partial charge in [-0.05, 0) is 25.8 Å². The van der Waals surface area contributed by atoms with Crippen molar-refractivity contribution in [3.8, 4) is 0 Å². The van der Waals surface area contributed by atoms with Gasteiger partial charge >= 0.3 is 6.16 Å². The van der Waals surface area contributed by atoms with Crippen molar-refractivity contribution in [2.24, 2.45) is 0 Å². The maximum Gasteiger partial charge on any atom is 0.508 e. The molecule has 1 unspecified atom stereocenters. The van der Waals surface area contributed by atoms with Crippen LogP contribution in [0.3, 0.4) is 0 Å². The van der Waals surface area contributed by atoms with Gasteiger partial charge in [0.1, 0.15) is 6.61 Å². The summed E-state index contributed by atoms with van der Waals surface area (Å²) in [6.07, 6.45) is 2.54. The highest BCUT2D eigenvalue weighted by atomic mass is 16.7. The quantitative estimate of drug-likeness (QED) is 0.633. The van der Waals surface area contributed by atoms with E-state index in [1.807, 2.05) is 30.3 Å². The van der Waals surface area contributed by atoms with Gasteiger partial charge in [-0.15, -0.1) is 0 Å². The molecule has 0 amide bonds. The van der Waals surface area contributed by atoms with Gasteiger partial charge in [-0.25, -0.2) is 4.79 Å². The largest absolute Gasteiger partial charge is 0.508 e. The molecule has 0 aliphatic heterocycles. The summed E-state index contributed by atoms with van der Waals surface area (Å²) < 4.78 is 9.61. The van der Waals surface area contributed by atoms with Crippen molar-refractivity contribution in [1.29, 1.82) is 0 Å². The van der Waals surface area contributed by atoms with Crippen molar-refractivity contribution in [1.82, 2.24) is 0 Å². The van der Waals surface area contributed by atoms with Crippen molar-refractivity contribution < 1.29 is 19.4 Å². The maximum atomic E-state index is 11.0. The predicted octanol–water partition coefficient (Wildman–Crippen LogP) is 3.23. The topological polar surface area (TPSA) is 55.8 Å². The molecule has 0 fully saturated rings. The summed E-state index contributed by atoms with van der Waals surface area (Å²) in [5.74, 6) is 0. The molecule has 1 rings (SSSR count). The highest BCUT2D eigenvalue weighted by molar-refractivity contribution is 5.60. The van der Waals surface area contributed by atoms with Gasteiger partial charge in [0, 0.05) is 0 Å². The van der Waals surface area contributed by atoms with E-state index in [9.17, 15) is 9.90 Å². The zero-order valence-corrected chi connectivity index (χ0v) is 11.3. The Labute approximate surface area is 113 Å². The normalized spacial score (nSPS) is 12.6. The number of benzene rings is 1. The maximum absolute atomic E-state index is 11.0. The summed E-state index contributed by atoms with van der Waals surface area (Å²) in [7, 11) is 0. The fourth-order valence-electron chi connectivity index (χ4n) is 1.45. The lowest BCUT2D eigenvalue weighted by Crippen LogP contribution is -2.12. The van der Waals surface area contributed by atoms with Gasteiger partial charge in [-0.2, -0.15) is 0 Å². The van der Waals surface area contributed by atoms with E-state index in [0.717, 1.165) is 5.56 Å². The van der Waals surface area contributed by atoms with Gasteiger partial charge < -0.3 is 14.6 Å². The Hall–Kier alpha value is -1.81. The van der Waals surface area contributed by atoms with Crippen LogP contribution in [0.15, 0.2) is 42.5 Å². The second-order valence-electron chi connectivity index (χ2n) is 4.36. The summed E-state index contributed by atoms with van der Waals surface area (Å²) in [5.41, 5.74) is 0.868. The third-order valence-corrected chi connectivity index (χ3v) is 2.34. The fraction of sp³-hybridized carbons (Fsp3) is 0.400. The Morgan fingerprint density at radius 3 is 2.58 bits per heavy atom. The molecule has 0 saturated carbocycles. The van der Waals surface area contributed by atoms with Crippen molar-refractivity contribution >= 4 is 6.16 Å². The highest BCUT2D eigenvalue weighted by Gasteiger charge is 2.05. The molecular formula is C15H20O4. The lowest BCUT2D eigenvalue weighted by molar-refractivity contribution is 0.0413. The molecule has 104 valence electrons. The smallest absolute Gasteiger partial charge is 0.432 e. The minimum Gasteiger partial charge on any atom is -0.432 e. The number of hydrogen-bond donors (Lipinski definition) is 1. The SMILES string of the molecule is CC(C)OC(=O)OC/C=C/CC(O)c1ccccc1. The molecule has 0 aliphatic rings. The molecule has 4 heteroatoms. The first-order valence-electron chi connectivity index (χ1n) is 6.31. The molecule has 19 heavy (non-hydrogen) atoms. The number of rotatable bonds is 6. The molecule has 0 aliphatic carbocycles. The molecule has 0 bridgehead atoms. The van der Waals surface area contributed by atoms with Crippen LogP contribution < -0.4 is 0 Å². The van der Waals surface area contributed by atoms with Crippen LogP contribution in [0.4, 0.5) is 4.79 Å². The molecule has 1 N–H and O–H groups in total. The Bertz CT molecular complexity index is 398. The van der Waals surface area contributed by atoms with Crippen molar-refractivity contribution in [2.45, 2.75) is 32.5 Å². The van der Waals surface area contributed by atoms with Crippen LogP contribution in [0, 0.1) is 0 Å². The zero-order chi connectivity index (χ0) is 14.1. The standard InChI is InChI=1S/C15H20O4/c1-12(2)19-15(17)18-11-7-6-10-14(16)13-8-4-3-5-9-13/h3-9,12,14,16H,10-11H2,1-2H3/b7-6+. The first kappa shape index (κ1) is 15.2. The van der Waals surface area contributed by atoms with Crippen LogP contribution in [0.1, 0.15) is 31.9 Å². The number of aliphatic hydroxyl groups is 1. The zero-order valence-electron chi connectivity index (χ0n) is 11.3. The molecule has 0 spiro atoms. The first-order valence-corrected chi connectivity index (χ1v) is 6.31. The Morgan fingerprint density at radius 1 is 1.26 bits per heavy atom. The first-order chi connectivity index (χ1) is 9.09. The van der Waals surface area contributed by atoms with Gasteiger partial charge in [0.2, 0.25) is 0 Å². The molecule has 0 radical (unpaired) electrons. The molecular weight excluding hydrogens is 244 g/mol. The second kappa shape index (κ2) is 8.32. The fourth-order valence-corrected chi connectivity index (χ4v) is 1.45. The van der Waals surface area contributed by atoms with E-state index in [-0.39, 0.29) is 12.7 Å². The van der Waals surface area contributed by atoms with Gasteiger partial charge in [-0.1, -0.05) is 42.5 Å². The number of aliphatic hydroxyl groups excluding tert-OH is 1. The number of carbonyl (C=O) groups excluding carboxylic acids is 1. The Kier molecular flexibility index (Phi) is 6.68. The van der Waals surface area contributed by atoms with Crippen LogP contribution in [0.2, 0.25) is 0 Å². The third kappa shape index (κ3) is 6.62. The second-order valence-corrected chi connectivity index (χ2v) is 4.36. The molecule has 1 aromatic carbocycles. The molecule has 0 aromatic heterocycles. The van der Waals surface area contributed by atoms with E-state index in [2.05, 4.69) is 0 Å². The van der Waals surface area contributed by atoms with E-state index >= 15 is 0 Å². The lowest BCUT2D eigenvalue weighted by atomic mass is 10.1. The van der Waals surface area contributed by atoms with Crippen LogP contribution in [-0.2, 0) is 9.47 Å². The monoisotopic (exact) mass is 264 g/mol. The van der Waals surface area contributed by atoms with Crippen LogP contribution in [0.5, 0.6) is 0 Å². The average molecular weight is 264 g/mol. The van der Waals surface area contributed by atoms with E-state index in [1.54, 1.807) is 26.0 Å². The van der Waals surface area contributed by atoms with E-state index in [4.69, 9.17) is 9.47 Å². The van der Waals surface area contributed by atoms with E-state index < -0.39 is 12.3 Å². The van der Waals surface area contributed by atoms with Crippen LogP contribution >= 0.6 is 0 Å². The summed E-state index contributed by atoms with van der Waals surface area (Å²) in [6, 6.07) is 9.41. The van der Waals surface area contributed by atoms with Crippen molar-refractivity contribution in [2.75, 3.05) is 6.61 Å². The van der Waals surface area contributed by atoms with Gasteiger partial charge in [-0.3, -0.25) is 0 Å². The third-order valence-electron chi connectivity index (χ3n) is 2.34. The molecule has 0 saturated heterocycles.